The van der Waals surface area contributed by atoms with E-state index in [-0.39, 0.29) is 0 Å². The van der Waals surface area contributed by atoms with E-state index in [1.54, 1.807) is 0 Å². The van der Waals surface area contributed by atoms with Gasteiger partial charge in [0.15, 0.2) is 0 Å². The number of hydrogen-bond donors (Lipinski definition) is 0. The normalized spacial score (nSPS) is 11.6. The van der Waals surface area contributed by atoms with Crippen molar-refractivity contribution in [3.05, 3.63) is 224 Å². The van der Waals surface area contributed by atoms with Crippen LogP contribution in [0.5, 0.6) is 0 Å². The summed E-state index contributed by atoms with van der Waals surface area (Å²) in [7, 11) is 0. The van der Waals surface area contributed by atoms with Crippen molar-refractivity contribution in [2.24, 2.45) is 0 Å². The molecule has 0 spiro atoms. The lowest BCUT2D eigenvalue weighted by Gasteiger charge is -2.30. The number of furan rings is 1. The Labute approximate surface area is 357 Å². The first-order chi connectivity index (χ1) is 30.3. The highest BCUT2D eigenvalue weighted by molar-refractivity contribution is 7.26. The topological polar surface area (TPSA) is 16.4 Å². The molecule has 0 bridgehead atoms. The minimum absolute atomic E-state index is 0.896. The van der Waals surface area contributed by atoms with Gasteiger partial charge in [0.1, 0.15) is 11.2 Å². The maximum absolute atomic E-state index is 6.31. The van der Waals surface area contributed by atoms with Crippen molar-refractivity contribution < 1.29 is 4.42 Å². The minimum atomic E-state index is 0.896. The van der Waals surface area contributed by atoms with Gasteiger partial charge >= 0.3 is 0 Å². The van der Waals surface area contributed by atoms with Crippen LogP contribution in [0.1, 0.15) is 0 Å². The van der Waals surface area contributed by atoms with Gasteiger partial charge in [0.2, 0.25) is 0 Å². The van der Waals surface area contributed by atoms with Crippen LogP contribution in [-0.2, 0) is 0 Å². The number of benzene rings is 10. The molecule has 12 aromatic rings. The summed E-state index contributed by atoms with van der Waals surface area (Å²) in [5.41, 5.74) is 14.5. The van der Waals surface area contributed by atoms with Crippen LogP contribution >= 0.6 is 11.3 Å². The van der Waals surface area contributed by atoms with E-state index in [0.29, 0.717) is 0 Å². The number of hydrogen-bond acceptors (Lipinski definition) is 3. The summed E-state index contributed by atoms with van der Waals surface area (Å²) in [5.74, 6) is 0. The summed E-state index contributed by atoms with van der Waals surface area (Å²) in [6.07, 6.45) is 0. The van der Waals surface area contributed by atoms with Crippen molar-refractivity contribution in [3.8, 4) is 44.5 Å². The Hall–Kier alpha value is -7.72. The van der Waals surface area contributed by atoms with Crippen molar-refractivity contribution in [3.63, 3.8) is 0 Å². The van der Waals surface area contributed by atoms with Crippen LogP contribution in [-0.4, -0.2) is 0 Å². The van der Waals surface area contributed by atoms with Crippen molar-refractivity contribution in [2.75, 3.05) is 4.90 Å². The number of nitrogens with zero attached hydrogens (tertiary/aromatic N) is 1. The molecular weight excluding hydrogens is 759 g/mol. The maximum atomic E-state index is 6.31. The summed E-state index contributed by atoms with van der Waals surface area (Å²) in [6, 6.07) is 81.3. The Morgan fingerprint density at radius 2 is 0.918 bits per heavy atom. The van der Waals surface area contributed by atoms with E-state index in [9.17, 15) is 0 Å². The molecule has 10 aromatic carbocycles. The highest BCUT2D eigenvalue weighted by Crippen LogP contribution is 2.49. The lowest BCUT2D eigenvalue weighted by molar-refractivity contribution is 0.669. The van der Waals surface area contributed by atoms with E-state index in [1.807, 2.05) is 23.5 Å². The van der Waals surface area contributed by atoms with Crippen molar-refractivity contribution >= 4 is 81.3 Å². The average molecular weight is 796 g/mol. The quantitative estimate of drug-likeness (QED) is 0.160. The molecule has 0 N–H and O–H groups in total. The molecule has 12 rings (SSSR count). The number of para-hydroxylation sites is 3. The van der Waals surface area contributed by atoms with E-state index >= 15 is 0 Å². The first-order valence-electron chi connectivity index (χ1n) is 20.7. The largest absolute Gasteiger partial charge is 0.456 e. The van der Waals surface area contributed by atoms with E-state index in [2.05, 4.69) is 217 Å². The molecular formula is C58H37NOS. The van der Waals surface area contributed by atoms with Crippen molar-refractivity contribution in [2.45, 2.75) is 0 Å². The number of rotatable bonds is 7. The van der Waals surface area contributed by atoms with E-state index in [1.165, 1.54) is 58.8 Å². The van der Waals surface area contributed by atoms with Gasteiger partial charge in [-0.25, -0.2) is 0 Å². The second-order valence-electron chi connectivity index (χ2n) is 15.6. The molecule has 0 aliphatic rings. The molecule has 2 heterocycles. The molecule has 286 valence electrons. The monoisotopic (exact) mass is 795 g/mol. The summed E-state index contributed by atoms with van der Waals surface area (Å²) in [6.45, 7) is 0. The van der Waals surface area contributed by atoms with Gasteiger partial charge in [-0.3, -0.25) is 0 Å². The molecule has 0 amide bonds. The summed E-state index contributed by atoms with van der Waals surface area (Å²) < 4.78 is 8.90. The van der Waals surface area contributed by atoms with Crippen molar-refractivity contribution in [1.29, 1.82) is 0 Å². The van der Waals surface area contributed by atoms with Gasteiger partial charge in [-0.05, 0) is 87.1 Å². The molecule has 0 aliphatic carbocycles. The maximum Gasteiger partial charge on any atom is 0.136 e. The van der Waals surface area contributed by atoms with E-state index in [0.717, 1.165) is 55.7 Å². The highest BCUT2D eigenvalue weighted by Gasteiger charge is 2.23. The zero-order valence-electron chi connectivity index (χ0n) is 33.1. The van der Waals surface area contributed by atoms with Crippen LogP contribution < -0.4 is 4.90 Å². The lowest BCUT2D eigenvalue weighted by Crippen LogP contribution is -2.12. The summed E-state index contributed by atoms with van der Waals surface area (Å²) in [4.78, 5) is 2.47. The lowest BCUT2D eigenvalue weighted by atomic mass is 9.90. The van der Waals surface area contributed by atoms with Gasteiger partial charge in [0.05, 0.1) is 11.4 Å². The smallest absolute Gasteiger partial charge is 0.136 e. The molecule has 0 fully saturated rings. The van der Waals surface area contributed by atoms with Gasteiger partial charge in [0, 0.05) is 53.3 Å². The first kappa shape index (κ1) is 35.2. The number of anilines is 3. The molecule has 2 nitrogen and oxygen atoms in total. The van der Waals surface area contributed by atoms with Crippen LogP contribution in [0.15, 0.2) is 229 Å². The molecule has 0 atom stereocenters. The van der Waals surface area contributed by atoms with E-state index < -0.39 is 0 Å². The molecule has 0 aliphatic heterocycles. The predicted molar refractivity (Wildman–Crippen MR) is 261 cm³/mol. The van der Waals surface area contributed by atoms with Gasteiger partial charge in [-0.1, -0.05) is 176 Å². The van der Waals surface area contributed by atoms with Crippen LogP contribution in [0.3, 0.4) is 0 Å². The van der Waals surface area contributed by atoms with Gasteiger partial charge in [0.25, 0.3) is 0 Å². The Morgan fingerprint density at radius 3 is 1.72 bits per heavy atom. The van der Waals surface area contributed by atoms with Gasteiger partial charge < -0.3 is 9.32 Å². The first-order valence-corrected chi connectivity index (χ1v) is 21.6. The third kappa shape index (κ3) is 5.93. The molecule has 0 radical (unpaired) electrons. The Morgan fingerprint density at radius 1 is 0.344 bits per heavy atom. The van der Waals surface area contributed by atoms with Crippen LogP contribution in [0.25, 0.3) is 97.4 Å². The molecule has 0 saturated heterocycles. The highest BCUT2D eigenvalue weighted by atomic mass is 32.1. The third-order valence-corrected chi connectivity index (χ3v) is 13.3. The summed E-state index contributed by atoms with van der Waals surface area (Å²) >= 11 is 1.87. The standard InChI is InChI=1S/C58H37NOS/c1-2-15-39(16-3-1)43-23-12-17-40-18-13-24-49(57(40)43)44-19-4-8-27-52(44)59(42-34-31-38(32-35-42)41-33-36-47-46-21-6-10-29-54(46)60-55(47)37-41)53-28-9-5-20-45(53)50-25-14-26-51-48-22-7-11-30-56(48)61-58(50)51/h1-37H. The summed E-state index contributed by atoms with van der Waals surface area (Å²) in [5, 5.41) is 7.31. The zero-order valence-corrected chi connectivity index (χ0v) is 33.9. The second-order valence-corrected chi connectivity index (χ2v) is 16.6. The fourth-order valence-electron chi connectivity index (χ4n) is 9.29. The van der Waals surface area contributed by atoms with Crippen molar-refractivity contribution in [1.82, 2.24) is 0 Å². The number of fused-ring (bicyclic) bond motifs is 7. The average Bonchev–Trinajstić information content (AvgIpc) is 3.90. The molecule has 2 aromatic heterocycles. The van der Waals surface area contributed by atoms with Crippen LogP contribution in [0.4, 0.5) is 17.1 Å². The second kappa shape index (κ2) is 14.5. The Kier molecular flexibility index (Phi) is 8.39. The third-order valence-electron chi connectivity index (χ3n) is 12.1. The molecule has 0 unspecified atom stereocenters. The molecule has 3 heteroatoms. The fraction of sp³-hybridized carbons (Fsp3) is 0. The fourth-order valence-corrected chi connectivity index (χ4v) is 10.5. The van der Waals surface area contributed by atoms with Gasteiger partial charge in [-0.2, -0.15) is 0 Å². The zero-order chi connectivity index (χ0) is 40.3. The number of thiophene rings is 1. The predicted octanol–water partition coefficient (Wildman–Crippen LogP) is 17.2. The Balaban J connectivity index is 1.07. The minimum Gasteiger partial charge on any atom is -0.456 e. The molecule has 0 saturated carbocycles. The SMILES string of the molecule is c1ccc(-c2cccc3cccc(-c4ccccc4N(c4ccc(-c5ccc6c(c5)oc5ccccc56)cc4)c4ccccc4-c4cccc5c4sc4ccccc45)c23)cc1. The van der Waals surface area contributed by atoms with Gasteiger partial charge in [-0.15, -0.1) is 11.3 Å². The molecule has 61 heavy (non-hydrogen) atoms. The van der Waals surface area contributed by atoms with Crippen LogP contribution in [0, 0.1) is 0 Å². The van der Waals surface area contributed by atoms with Crippen LogP contribution in [0.2, 0.25) is 0 Å². The van der Waals surface area contributed by atoms with E-state index in [4.69, 9.17) is 4.42 Å². The Bertz CT molecular complexity index is 3590.